The molecule has 5 nitrogen and oxygen atoms in total. The summed E-state index contributed by atoms with van der Waals surface area (Å²) in [4.78, 5) is 13.9. The van der Waals surface area contributed by atoms with Crippen LogP contribution in [-0.4, -0.2) is 45.3 Å². The van der Waals surface area contributed by atoms with Crippen molar-refractivity contribution in [2.75, 3.05) is 13.1 Å². The smallest absolute Gasteiger partial charge is 0.271 e. The van der Waals surface area contributed by atoms with Crippen molar-refractivity contribution in [2.45, 2.75) is 12.5 Å². The molecule has 3 rings (SSSR count). The number of halogens is 1. The van der Waals surface area contributed by atoms with Crippen molar-refractivity contribution in [3.8, 4) is 11.3 Å². The highest BCUT2D eigenvalue weighted by molar-refractivity contribution is 9.10. The molecule has 1 amide bonds. The number of aliphatic hydroxyl groups excluding tert-OH is 1. The number of amides is 1. The quantitative estimate of drug-likeness (QED) is 0.882. The number of nitrogens with zero attached hydrogens (tertiary/aromatic N) is 2. The molecule has 0 unspecified atom stereocenters. The first-order valence-electron chi connectivity index (χ1n) is 6.42. The minimum Gasteiger partial charge on any atom is -0.391 e. The number of aromatic amines is 1. The molecule has 1 aromatic carbocycles. The highest BCUT2D eigenvalue weighted by atomic mass is 79.9. The number of β-amino-alcohol motifs (C(OH)–C–C–N with tert-alkyl or cyclic N) is 1. The van der Waals surface area contributed by atoms with Gasteiger partial charge in [0.1, 0.15) is 5.69 Å². The third-order valence-electron chi connectivity index (χ3n) is 3.40. The Morgan fingerprint density at radius 1 is 1.40 bits per heavy atom. The molecule has 0 spiro atoms. The van der Waals surface area contributed by atoms with Crippen molar-refractivity contribution >= 4 is 21.8 Å². The maximum absolute atomic E-state index is 12.2. The van der Waals surface area contributed by atoms with Crippen LogP contribution >= 0.6 is 15.9 Å². The van der Waals surface area contributed by atoms with Gasteiger partial charge in [-0.1, -0.05) is 28.1 Å². The molecule has 1 aliphatic rings. The van der Waals surface area contributed by atoms with Gasteiger partial charge in [-0.05, 0) is 24.6 Å². The van der Waals surface area contributed by atoms with E-state index in [1.54, 1.807) is 11.0 Å². The number of aromatic nitrogens is 2. The van der Waals surface area contributed by atoms with E-state index in [4.69, 9.17) is 0 Å². The summed E-state index contributed by atoms with van der Waals surface area (Å²) in [5.74, 6) is -0.114. The third-order valence-corrected chi connectivity index (χ3v) is 3.93. The topological polar surface area (TPSA) is 69.2 Å². The Morgan fingerprint density at radius 3 is 2.80 bits per heavy atom. The fourth-order valence-corrected chi connectivity index (χ4v) is 2.56. The Kier molecular flexibility index (Phi) is 3.58. The van der Waals surface area contributed by atoms with E-state index in [9.17, 15) is 9.90 Å². The first kappa shape index (κ1) is 13.3. The molecule has 1 aromatic heterocycles. The van der Waals surface area contributed by atoms with Crippen LogP contribution in [0, 0.1) is 0 Å². The molecule has 0 radical (unpaired) electrons. The van der Waals surface area contributed by atoms with Crippen LogP contribution in [0.2, 0.25) is 0 Å². The molecule has 1 aliphatic heterocycles. The van der Waals surface area contributed by atoms with E-state index in [2.05, 4.69) is 26.1 Å². The van der Waals surface area contributed by atoms with Gasteiger partial charge in [-0.15, -0.1) is 0 Å². The van der Waals surface area contributed by atoms with E-state index < -0.39 is 6.10 Å². The molecule has 6 heteroatoms. The van der Waals surface area contributed by atoms with Gasteiger partial charge in [0, 0.05) is 23.1 Å². The van der Waals surface area contributed by atoms with Crippen LogP contribution in [0.25, 0.3) is 11.3 Å². The minimum atomic E-state index is -0.409. The number of hydrogen-bond acceptors (Lipinski definition) is 3. The predicted octanol–water partition coefficient (Wildman–Crippen LogP) is 2.05. The summed E-state index contributed by atoms with van der Waals surface area (Å²) in [7, 11) is 0. The van der Waals surface area contributed by atoms with Gasteiger partial charge in [-0.2, -0.15) is 5.10 Å². The Labute approximate surface area is 124 Å². The van der Waals surface area contributed by atoms with Crippen LogP contribution in [0.5, 0.6) is 0 Å². The molecule has 2 N–H and O–H groups in total. The van der Waals surface area contributed by atoms with Crippen LogP contribution < -0.4 is 0 Å². The largest absolute Gasteiger partial charge is 0.391 e. The van der Waals surface area contributed by atoms with Gasteiger partial charge >= 0.3 is 0 Å². The Morgan fingerprint density at radius 2 is 2.15 bits per heavy atom. The molecule has 2 aromatic rings. The van der Waals surface area contributed by atoms with E-state index in [1.807, 2.05) is 24.3 Å². The molecule has 0 bridgehead atoms. The Hall–Kier alpha value is -1.66. The number of H-pyrrole nitrogens is 1. The molecule has 0 saturated carbocycles. The number of benzene rings is 1. The van der Waals surface area contributed by atoms with E-state index in [1.165, 1.54) is 0 Å². The van der Waals surface area contributed by atoms with E-state index in [-0.39, 0.29) is 5.91 Å². The first-order valence-corrected chi connectivity index (χ1v) is 7.21. The molecule has 20 heavy (non-hydrogen) atoms. The molecular weight excluding hydrogens is 322 g/mol. The van der Waals surface area contributed by atoms with Crippen molar-refractivity contribution in [3.05, 3.63) is 40.5 Å². The summed E-state index contributed by atoms with van der Waals surface area (Å²) in [5.41, 5.74) is 2.14. The monoisotopic (exact) mass is 335 g/mol. The SMILES string of the molecule is O=C(c1cc(-c2ccc(Br)cc2)n[nH]1)N1CC[C@@H](O)C1. The van der Waals surface area contributed by atoms with Crippen molar-refractivity contribution in [3.63, 3.8) is 0 Å². The average Bonchev–Trinajstić information content (AvgIpc) is 3.08. The minimum absolute atomic E-state index is 0.114. The van der Waals surface area contributed by atoms with Crippen LogP contribution in [0.3, 0.4) is 0 Å². The summed E-state index contributed by atoms with van der Waals surface area (Å²) in [5, 5.41) is 16.4. The Balaban J connectivity index is 1.79. The van der Waals surface area contributed by atoms with Gasteiger partial charge in [-0.3, -0.25) is 9.89 Å². The van der Waals surface area contributed by atoms with Crippen LogP contribution in [-0.2, 0) is 0 Å². The van der Waals surface area contributed by atoms with Gasteiger partial charge in [0.25, 0.3) is 5.91 Å². The summed E-state index contributed by atoms with van der Waals surface area (Å²) in [6, 6.07) is 9.49. The van der Waals surface area contributed by atoms with Gasteiger partial charge in [0.2, 0.25) is 0 Å². The lowest BCUT2D eigenvalue weighted by Gasteiger charge is -2.13. The number of aliphatic hydroxyl groups is 1. The summed E-state index contributed by atoms with van der Waals surface area (Å²) >= 11 is 3.38. The summed E-state index contributed by atoms with van der Waals surface area (Å²) in [6.45, 7) is 0.984. The molecule has 104 valence electrons. The summed E-state index contributed by atoms with van der Waals surface area (Å²) < 4.78 is 0.999. The molecule has 1 atom stereocenters. The lowest BCUT2D eigenvalue weighted by atomic mass is 10.1. The predicted molar refractivity (Wildman–Crippen MR) is 78.3 cm³/mol. The normalized spacial score (nSPS) is 18.5. The maximum Gasteiger partial charge on any atom is 0.271 e. The number of nitrogens with one attached hydrogen (secondary N) is 1. The first-order chi connectivity index (χ1) is 9.63. The maximum atomic E-state index is 12.2. The Bertz CT molecular complexity index is 624. The second-order valence-corrected chi connectivity index (χ2v) is 5.78. The van der Waals surface area contributed by atoms with Gasteiger partial charge < -0.3 is 10.0 Å². The van der Waals surface area contributed by atoms with E-state index >= 15 is 0 Å². The van der Waals surface area contributed by atoms with Crippen molar-refractivity contribution in [1.82, 2.24) is 15.1 Å². The number of hydrogen-bond donors (Lipinski definition) is 2. The molecule has 1 saturated heterocycles. The number of carbonyl (C=O) groups excluding carboxylic acids is 1. The van der Waals surface area contributed by atoms with Crippen LogP contribution in [0.4, 0.5) is 0 Å². The highest BCUT2D eigenvalue weighted by Crippen LogP contribution is 2.21. The van der Waals surface area contributed by atoms with Crippen LogP contribution in [0.15, 0.2) is 34.8 Å². The lowest BCUT2D eigenvalue weighted by Crippen LogP contribution is -2.29. The fourth-order valence-electron chi connectivity index (χ4n) is 2.30. The van der Waals surface area contributed by atoms with Gasteiger partial charge in [0.05, 0.1) is 11.8 Å². The van der Waals surface area contributed by atoms with Crippen molar-refractivity contribution in [2.24, 2.45) is 0 Å². The van der Waals surface area contributed by atoms with Crippen molar-refractivity contribution < 1.29 is 9.90 Å². The van der Waals surface area contributed by atoms with Gasteiger partial charge in [0.15, 0.2) is 0 Å². The molecule has 1 fully saturated rings. The third kappa shape index (κ3) is 2.62. The molecule has 2 heterocycles. The highest BCUT2D eigenvalue weighted by Gasteiger charge is 2.26. The van der Waals surface area contributed by atoms with E-state index in [0.29, 0.717) is 25.2 Å². The van der Waals surface area contributed by atoms with E-state index in [0.717, 1.165) is 15.7 Å². The van der Waals surface area contributed by atoms with Crippen LogP contribution in [0.1, 0.15) is 16.9 Å². The second-order valence-electron chi connectivity index (χ2n) is 4.87. The zero-order valence-corrected chi connectivity index (χ0v) is 12.3. The average molecular weight is 336 g/mol. The fraction of sp³-hybridized carbons (Fsp3) is 0.286. The standard InChI is InChI=1S/C14H14BrN3O2/c15-10-3-1-9(2-4-10)12-7-13(17-16-12)14(20)18-6-5-11(19)8-18/h1-4,7,11,19H,5-6,8H2,(H,16,17)/t11-/m1/s1. The lowest BCUT2D eigenvalue weighted by molar-refractivity contribution is 0.0759. The van der Waals surface area contributed by atoms with Gasteiger partial charge in [-0.25, -0.2) is 0 Å². The van der Waals surface area contributed by atoms with Crippen molar-refractivity contribution in [1.29, 1.82) is 0 Å². The second kappa shape index (κ2) is 5.38. The number of rotatable bonds is 2. The zero-order valence-electron chi connectivity index (χ0n) is 10.7. The zero-order chi connectivity index (χ0) is 14.1. The number of likely N-dealkylation sites (tertiary alicyclic amines) is 1. The summed E-state index contributed by atoms with van der Waals surface area (Å²) in [6.07, 6.45) is 0.229. The number of carbonyl (C=O) groups is 1. The molecular formula is C14H14BrN3O2. The molecule has 0 aliphatic carbocycles.